The second-order valence-corrected chi connectivity index (χ2v) is 6.07. The molecule has 9 nitrogen and oxygen atoms in total. The summed E-state index contributed by atoms with van der Waals surface area (Å²) in [5, 5.41) is 7.98. The number of nitrogens with zero attached hydrogens (tertiary/aromatic N) is 5. The van der Waals surface area contributed by atoms with E-state index in [9.17, 15) is 0 Å². The minimum atomic E-state index is -0.533. The normalized spacial score (nSPS) is 20.1. The van der Waals surface area contributed by atoms with E-state index in [1.54, 1.807) is 7.11 Å². The first-order valence-corrected chi connectivity index (χ1v) is 7.94. The predicted octanol–water partition coefficient (Wildman–Crippen LogP) is 1.34. The van der Waals surface area contributed by atoms with Gasteiger partial charge in [-0.15, -0.1) is 0 Å². The first kappa shape index (κ1) is 14.7. The highest BCUT2D eigenvalue weighted by atomic mass is 16.6. The van der Waals surface area contributed by atoms with Crippen molar-refractivity contribution < 1.29 is 9.37 Å². The summed E-state index contributed by atoms with van der Waals surface area (Å²) < 4.78 is 10.2. The van der Waals surface area contributed by atoms with Crippen LogP contribution in [0.1, 0.15) is 32.1 Å². The van der Waals surface area contributed by atoms with Gasteiger partial charge in [0.1, 0.15) is 5.66 Å². The van der Waals surface area contributed by atoms with E-state index in [1.165, 1.54) is 6.42 Å². The number of benzene rings is 1. The summed E-state index contributed by atoms with van der Waals surface area (Å²) in [6.45, 7) is 0. The molecule has 9 heteroatoms. The standard InChI is InChI=1S/C15H19N7O2/c1-23-10-6-5-9(11-12(10)21-24-20-11)22-14(17)18-13(16)19-15(22)7-3-2-4-8-15/h5-6H,2-4,7-8H2,1H3,(H4,16,17,18,19). The Balaban J connectivity index is 1.90. The highest BCUT2D eigenvalue weighted by Gasteiger charge is 2.43. The van der Waals surface area contributed by atoms with Crippen molar-refractivity contribution in [3.05, 3.63) is 12.1 Å². The molecule has 1 aliphatic carbocycles. The van der Waals surface area contributed by atoms with Crippen LogP contribution in [-0.2, 0) is 0 Å². The Kier molecular flexibility index (Phi) is 3.29. The number of aromatic nitrogens is 2. The van der Waals surface area contributed by atoms with Crippen molar-refractivity contribution in [1.29, 1.82) is 0 Å². The number of fused-ring (bicyclic) bond motifs is 1. The zero-order chi connectivity index (χ0) is 16.7. The summed E-state index contributed by atoms with van der Waals surface area (Å²) in [4.78, 5) is 10.7. The maximum atomic E-state index is 6.24. The van der Waals surface area contributed by atoms with Gasteiger partial charge in [0, 0.05) is 0 Å². The second-order valence-electron chi connectivity index (χ2n) is 6.07. The Bertz CT molecular complexity index is 835. The molecule has 0 unspecified atom stereocenters. The fourth-order valence-electron chi connectivity index (χ4n) is 3.65. The van der Waals surface area contributed by atoms with Crippen LogP contribution in [0.25, 0.3) is 11.0 Å². The minimum Gasteiger partial charge on any atom is -0.494 e. The number of guanidine groups is 2. The summed E-state index contributed by atoms with van der Waals surface area (Å²) in [6.07, 6.45) is 4.98. The third-order valence-electron chi connectivity index (χ3n) is 4.67. The van der Waals surface area contributed by atoms with Crippen molar-refractivity contribution in [3.8, 4) is 5.75 Å². The number of hydrogen-bond donors (Lipinski definition) is 2. The largest absolute Gasteiger partial charge is 0.494 e. The van der Waals surface area contributed by atoms with Gasteiger partial charge in [0.25, 0.3) is 0 Å². The van der Waals surface area contributed by atoms with E-state index < -0.39 is 5.66 Å². The quantitative estimate of drug-likeness (QED) is 0.850. The van der Waals surface area contributed by atoms with Crippen molar-refractivity contribution in [2.75, 3.05) is 12.0 Å². The molecule has 0 bridgehead atoms. The lowest BCUT2D eigenvalue weighted by atomic mass is 9.87. The maximum Gasteiger partial charge on any atom is 0.220 e. The highest BCUT2D eigenvalue weighted by Crippen LogP contribution is 2.42. The maximum absolute atomic E-state index is 6.24. The second kappa shape index (κ2) is 5.36. The van der Waals surface area contributed by atoms with Crippen LogP contribution in [0.3, 0.4) is 0 Å². The van der Waals surface area contributed by atoms with Crippen LogP contribution in [0.15, 0.2) is 26.7 Å². The molecule has 24 heavy (non-hydrogen) atoms. The number of nitrogens with two attached hydrogens (primary N) is 2. The number of methoxy groups -OCH3 is 1. The van der Waals surface area contributed by atoms with Crippen molar-refractivity contribution in [2.24, 2.45) is 21.5 Å². The van der Waals surface area contributed by atoms with Crippen LogP contribution in [0, 0.1) is 0 Å². The van der Waals surface area contributed by atoms with E-state index in [-0.39, 0.29) is 5.96 Å². The fraction of sp³-hybridized carbons (Fsp3) is 0.467. The van der Waals surface area contributed by atoms with Gasteiger partial charge in [0.2, 0.25) is 11.9 Å². The monoisotopic (exact) mass is 329 g/mol. The molecule has 2 aromatic rings. The number of anilines is 1. The van der Waals surface area contributed by atoms with Crippen LogP contribution in [0.2, 0.25) is 0 Å². The van der Waals surface area contributed by atoms with E-state index in [0.717, 1.165) is 31.4 Å². The molecule has 1 saturated carbocycles. The smallest absolute Gasteiger partial charge is 0.220 e. The summed E-state index contributed by atoms with van der Waals surface area (Å²) in [7, 11) is 1.58. The summed E-state index contributed by atoms with van der Waals surface area (Å²) in [5.74, 6) is 1.11. The van der Waals surface area contributed by atoms with Crippen LogP contribution < -0.4 is 21.1 Å². The lowest BCUT2D eigenvalue weighted by Gasteiger charge is -2.45. The van der Waals surface area contributed by atoms with E-state index in [2.05, 4.69) is 20.3 Å². The highest BCUT2D eigenvalue weighted by molar-refractivity contribution is 6.09. The molecule has 1 aliphatic heterocycles. The van der Waals surface area contributed by atoms with Crippen molar-refractivity contribution in [2.45, 2.75) is 37.8 Å². The summed E-state index contributed by atoms with van der Waals surface area (Å²) >= 11 is 0. The van der Waals surface area contributed by atoms with Gasteiger partial charge in [0.15, 0.2) is 16.8 Å². The lowest BCUT2D eigenvalue weighted by molar-refractivity contribution is 0.304. The zero-order valence-corrected chi connectivity index (χ0v) is 13.4. The molecule has 4 N–H and O–H groups in total. The molecule has 0 radical (unpaired) electrons. The lowest BCUT2D eigenvalue weighted by Crippen LogP contribution is -2.58. The fourth-order valence-corrected chi connectivity index (χ4v) is 3.65. The molecule has 1 aromatic carbocycles. The van der Waals surface area contributed by atoms with E-state index in [4.69, 9.17) is 20.8 Å². The van der Waals surface area contributed by atoms with E-state index >= 15 is 0 Å². The topological polar surface area (TPSA) is 128 Å². The third-order valence-corrected chi connectivity index (χ3v) is 4.67. The van der Waals surface area contributed by atoms with Gasteiger partial charge in [0.05, 0.1) is 12.8 Å². The van der Waals surface area contributed by atoms with Gasteiger partial charge >= 0.3 is 0 Å². The van der Waals surface area contributed by atoms with Gasteiger partial charge < -0.3 is 16.2 Å². The summed E-state index contributed by atoms with van der Waals surface area (Å²) in [6, 6.07) is 3.69. The number of aliphatic imine (C=N–C) groups is 2. The first-order chi connectivity index (χ1) is 11.6. The molecule has 126 valence electrons. The molecule has 0 saturated heterocycles. The third kappa shape index (κ3) is 2.08. The molecule has 4 rings (SSSR count). The van der Waals surface area contributed by atoms with E-state index in [1.807, 2.05) is 17.0 Å². The molecule has 1 fully saturated rings. The van der Waals surface area contributed by atoms with Crippen molar-refractivity contribution in [3.63, 3.8) is 0 Å². The molecule has 0 amide bonds. The summed E-state index contributed by atoms with van der Waals surface area (Å²) in [5.41, 5.74) is 13.5. The van der Waals surface area contributed by atoms with Gasteiger partial charge in [-0.3, -0.25) is 4.90 Å². The van der Waals surface area contributed by atoms with Gasteiger partial charge in [-0.05, 0) is 48.1 Å². The van der Waals surface area contributed by atoms with Gasteiger partial charge in [-0.1, -0.05) is 6.42 Å². The average molecular weight is 329 g/mol. The Morgan fingerprint density at radius 2 is 1.88 bits per heavy atom. The molecule has 1 spiro atoms. The molecule has 0 atom stereocenters. The van der Waals surface area contributed by atoms with Gasteiger partial charge in [-0.2, -0.15) is 4.99 Å². The number of ether oxygens (including phenoxy) is 1. The minimum absolute atomic E-state index is 0.216. The van der Waals surface area contributed by atoms with Crippen LogP contribution >= 0.6 is 0 Å². The molecule has 2 heterocycles. The molecular formula is C15H19N7O2. The Hall–Kier alpha value is -2.84. The molecular weight excluding hydrogens is 310 g/mol. The van der Waals surface area contributed by atoms with Crippen LogP contribution in [-0.4, -0.2) is 35.0 Å². The van der Waals surface area contributed by atoms with Crippen molar-refractivity contribution in [1.82, 2.24) is 10.3 Å². The average Bonchev–Trinajstić information content (AvgIpc) is 3.05. The van der Waals surface area contributed by atoms with Crippen LogP contribution in [0.4, 0.5) is 5.69 Å². The van der Waals surface area contributed by atoms with E-state index in [0.29, 0.717) is 22.7 Å². The molecule has 2 aliphatic rings. The first-order valence-electron chi connectivity index (χ1n) is 7.94. The van der Waals surface area contributed by atoms with Crippen molar-refractivity contribution >= 4 is 28.6 Å². The van der Waals surface area contributed by atoms with Crippen LogP contribution in [0.5, 0.6) is 5.75 Å². The Labute approximate surface area is 138 Å². The molecule has 1 aromatic heterocycles. The number of rotatable bonds is 2. The Morgan fingerprint density at radius 3 is 2.62 bits per heavy atom. The SMILES string of the molecule is COc1ccc(N2C(N)=NC(N)=NC23CCCCC3)c2nonc12. The zero-order valence-electron chi connectivity index (χ0n) is 13.4. The van der Waals surface area contributed by atoms with Gasteiger partial charge in [-0.25, -0.2) is 9.62 Å². The number of hydrogen-bond acceptors (Lipinski definition) is 9. The predicted molar refractivity (Wildman–Crippen MR) is 89.9 cm³/mol. The Morgan fingerprint density at radius 1 is 1.12 bits per heavy atom.